The first-order valence-corrected chi connectivity index (χ1v) is 13.2. The minimum absolute atomic E-state index is 0.101. The van der Waals surface area contributed by atoms with Gasteiger partial charge in [0.25, 0.3) is 0 Å². The highest BCUT2D eigenvalue weighted by Crippen LogP contribution is 2.52. The molecule has 0 bridgehead atoms. The smallest absolute Gasteiger partial charge is 0.416 e. The van der Waals surface area contributed by atoms with Crippen LogP contribution in [0.4, 0.5) is 13.2 Å². The second-order valence-corrected chi connectivity index (χ2v) is 10.3. The molecule has 1 saturated heterocycles. The van der Waals surface area contributed by atoms with Gasteiger partial charge >= 0.3 is 12.1 Å². The molecule has 0 radical (unpaired) electrons. The molecule has 5 rings (SSSR count). The molecule has 1 aliphatic heterocycles. The maximum Gasteiger partial charge on any atom is 0.416 e. The summed E-state index contributed by atoms with van der Waals surface area (Å²) in [5, 5.41) is 13.3. The van der Waals surface area contributed by atoms with Crippen LogP contribution in [0.2, 0.25) is 0 Å². The third kappa shape index (κ3) is 6.88. The molecule has 196 valence electrons. The Morgan fingerprint density at radius 3 is 2.00 bits per heavy atom. The molecule has 0 amide bonds. The van der Waals surface area contributed by atoms with Crippen LogP contribution in [0.3, 0.4) is 0 Å². The van der Waals surface area contributed by atoms with Crippen LogP contribution < -0.4 is 5.32 Å². The first-order chi connectivity index (χ1) is 17.3. The Bertz CT molecular complexity index is 969. The molecule has 7 heteroatoms. The number of hydrogen-bond donors (Lipinski definition) is 2. The summed E-state index contributed by atoms with van der Waals surface area (Å²) in [5.41, 5.74) is -1.35. The number of carboxylic acids is 1. The lowest BCUT2D eigenvalue weighted by Gasteiger charge is -2.30. The molecule has 2 aliphatic carbocycles. The normalized spacial score (nSPS) is 25.0. The van der Waals surface area contributed by atoms with E-state index in [9.17, 15) is 23.1 Å². The first kappa shape index (κ1) is 26.7. The van der Waals surface area contributed by atoms with Crippen LogP contribution in [-0.2, 0) is 22.1 Å². The first-order valence-electron chi connectivity index (χ1n) is 13.2. The van der Waals surface area contributed by atoms with Crippen LogP contribution >= 0.6 is 0 Å². The highest BCUT2D eigenvalue weighted by Gasteiger charge is 2.63. The van der Waals surface area contributed by atoms with Crippen molar-refractivity contribution < 1.29 is 27.8 Å². The molecule has 2 unspecified atom stereocenters. The number of carboxylic acid groups (broad SMARTS) is 1. The molecule has 2 N–H and O–H groups in total. The fourth-order valence-electron chi connectivity index (χ4n) is 5.54. The second-order valence-electron chi connectivity index (χ2n) is 10.3. The van der Waals surface area contributed by atoms with Crippen LogP contribution in [-0.4, -0.2) is 28.8 Å². The number of epoxide rings is 1. The second kappa shape index (κ2) is 11.8. The van der Waals surface area contributed by atoms with Crippen LogP contribution in [0.5, 0.6) is 0 Å². The number of nitrogens with one attached hydrogen (secondary N) is 1. The summed E-state index contributed by atoms with van der Waals surface area (Å²) >= 11 is 0. The van der Waals surface area contributed by atoms with Crippen LogP contribution in [0.25, 0.3) is 0 Å². The van der Waals surface area contributed by atoms with Gasteiger partial charge in [0.1, 0.15) is 6.10 Å². The van der Waals surface area contributed by atoms with Gasteiger partial charge in [0.15, 0.2) is 5.60 Å². The zero-order valence-corrected chi connectivity index (χ0v) is 20.6. The largest absolute Gasteiger partial charge is 0.479 e. The predicted molar refractivity (Wildman–Crippen MR) is 133 cm³/mol. The minimum Gasteiger partial charge on any atom is -0.479 e. The SMILES string of the molecule is C1CCC(NC2CCCCC2)CC1.O=C(O)C1(Cc2ccccc2)OC1c1cccc(C(F)(F)F)c1. The Balaban J connectivity index is 0.000000197. The highest BCUT2D eigenvalue weighted by molar-refractivity contribution is 5.82. The van der Waals surface area contributed by atoms with Crippen molar-refractivity contribution in [3.8, 4) is 0 Å². The Morgan fingerprint density at radius 2 is 1.47 bits per heavy atom. The molecular weight excluding hydrogens is 467 g/mol. The lowest BCUT2D eigenvalue weighted by atomic mass is 9.91. The Kier molecular flexibility index (Phi) is 8.73. The monoisotopic (exact) mass is 503 g/mol. The molecule has 0 spiro atoms. The van der Waals surface area contributed by atoms with Gasteiger partial charge in [-0.1, -0.05) is 81.0 Å². The molecule has 2 atom stereocenters. The Labute approximate surface area is 211 Å². The summed E-state index contributed by atoms with van der Waals surface area (Å²) in [4.78, 5) is 11.6. The molecule has 3 aliphatic rings. The van der Waals surface area contributed by atoms with Crippen molar-refractivity contribution in [3.63, 3.8) is 0 Å². The summed E-state index contributed by atoms with van der Waals surface area (Å²) in [6, 6.07) is 15.2. The van der Waals surface area contributed by atoms with Gasteiger partial charge in [-0.05, 0) is 48.9 Å². The Hall–Kier alpha value is -2.38. The number of rotatable bonds is 6. The van der Waals surface area contributed by atoms with Crippen LogP contribution in [0, 0.1) is 0 Å². The van der Waals surface area contributed by atoms with Crippen molar-refractivity contribution in [2.75, 3.05) is 0 Å². The van der Waals surface area contributed by atoms with E-state index in [2.05, 4.69) is 5.32 Å². The molecular formula is C29H36F3NO3. The lowest BCUT2D eigenvalue weighted by Crippen LogP contribution is -2.40. The van der Waals surface area contributed by atoms with Crippen molar-refractivity contribution in [3.05, 3.63) is 71.3 Å². The maximum absolute atomic E-state index is 12.8. The summed E-state index contributed by atoms with van der Waals surface area (Å²) in [6.45, 7) is 0. The molecule has 2 saturated carbocycles. The fraction of sp³-hybridized carbons (Fsp3) is 0.552. The van der Waals surface area contributed by atoms with Crippen molar-refractivity contribution >= 4 is 5.97 Å². The van der Waals surface area contributed by atoms with Gasteiger partial charge < -0.3 is 15.2 Å². The van der Waals surface area contributed by atoms with Crippen LogP contribution in [0.1, 0.15) is 87.0 Å². The fourth-order valence-corrected chi connectivity index (χ4v) is 5.54. The standard InChI is InChI=1S/C17H13F3O3.C12H23N/c18-17(19,20)13-8-4-7-12(9-13)14-16(23-14,15(21)22)10-11-5-2-1-3-6-11;1-3-7-11(8-4-1)13-12-9-5-2-6-10-12/h1-9,14H,10H2,(H,21,22);11-13H,1-10H2. The van der Waals surface area contributed by atoms with E-state index in [1.165, 1.54) is 76.3 Å². The molecule has 2 aromatic rings. The topological polar surface area (TPSA) is 61.9 Å². The van der Waals surface area contributed by atoms with Crippen molar-refractivity contribution in [1.82, 2.24) is 5.32 Å². The summed E-state index contributed by atoms with van der Waals surface area (Å²) in [5.74, 6) is -1.18. The van der Waals surface area contributed by atoms with Gasteiger partial charge in [0.2, 0.25) is 0 Å². The number of alkyl halides is 3. The highest BCUT2D eigenvalue weighted by atomic mass is 19.4. The lowest BCUT2D eigenvalue weighted by molar-refractivity contribution is -0.143. The number of halogens is 3. The van der Waals surface area contributed by atoms with Gasteiger partial charge in [-0.2, -0.15) is 13.2 Å². The number of aliphatic carboxylic acids is 1. The zero-order chi connectivity index (χ0) is 25.6. The van der Waals surface area contributed by atoms with E-state index in [0.717, 1.165) is 29.8 Å². The number of hydrogen-bond acceptors (Lipinski definition) is 3. The molecule has 2 aromatic carbocycles. The number of benzene rings is 2. The predicted octanol–water partition coefficient (Wildman–Crippen LogP) is 7.08. The third-order valence-electron chi connectivity index (χ3n) is 7.56. The van der Waals surface area contributed by atoms with Crippen molar-refractivity contribution in [2.45, 2.75) is 101 Å². The molecule has 1 heterocycles. The van der Waals surface area contributed by atoms with Crippen LogP contribution in [0.15, 0.2) is 54.6 Å². The molecule has 4 nitrogen and oxygen atoms in total. The van der Waals surface area contributed by atoms with E-state index in [-0.39, 0.29) is 12.0 Å². The zero-order valence-electron chi connectivity index (χ0n) is 20.6. The van der Waals surface area contributed by atoms with Gasteiger partial charge in [-0.25, -0.2) is 4.79 Å². The summed E-state index contributed by atoms with van der Waals surface area (Å²) in [7, 11) is 0. The van der Waals surface area contributed by atoms with Gasteiger partial charge in [0, 0.05) is 18.5 Å². The maximum atomic E-state index is 12.8. The van der Waals surface area contributed by atoms with E-state index >= 15 is 0 Å². The van der Waals surface area contributed by atoms with Crippen molar-refractivity contribution in [1.29, 1.82) is 0 Å². The average Bonchev–Trinajstić information content (AvgIpc) is 3.61. The minimum atomic E-state index is -4.48. The summed E-state index contributed by atoms with van der Waals surface area (Å²) in [6.07, 6.45) is 9.30. The van der Waals surface area contributed by atoms with Gasteiger partial charge in [0.05, 0.1) is 5.56 Å². The van der Waals surface area contributed by atoms with Gasteiger partial charge in [-0.3, -0.25) is 0 Å². The summed E-state index contributed by atoms with van der Waals surface area (Å²) < 4.78 is 43.7. The number of ether oxygens (including phenoxy) is 1. The molecule has 0 aromatic heterocycles. The van der Waals surface area contributed by atoms with E-state index in [4.69, 9.17) is 4.74 Å². The molecule has 3 fully saturated rings. The molecule has 36 heavy (non-hydrogen) atoms. The van der Waals surface area contributed by atoms with E-state index in [1.54, 1.807) is 30.3 Å². The average molecular weight is 504 g/mol. The quantitative estimate of drug-likeness (QED) is 0.414. The third-order valence-corrected chi connectivity index (χ3v) is 7.56. The van der Waals surface area contributed by atoms with Crippen molar-refractivity contribution in [2.24, 2.45) is 0 Å². The van der Waals surface area contributed by atoms with E-state index < -0.39 is 29.4 Å². The van der Waals surface area contributed by atoms with E-state index in [1.807, 2.05) is 0 Å². The Morgan fingerprint density at radius 1 is 0.889 bits per heavy atom. The van der Waals surface area contributed by atoms with Gasteiger partial charge in [-0.15, -0.1) is 0 Å². The number of carbonyl (C=O) groups is 1. The van der Waals surface area contributed by atoms with E-state index in [0.29, 0.717) is 0 Å².